The number of rotatable bonds is 2. The first-order valence-electron chi connectivity index (χ1n) is 5.76. The largest absolute Gasteiger partial charge is 0.365 e. The van der Waals surface area contributed by atoms with Crippen LogP contribution in [0.2, 0.25) is 0 Å². The summed E-state index contributed by atoms with van der Waals surface area (Å²) in [6, 6.07) is 10.2. The minimum atomic E-state index is -0.392. The van der Waals surface area contributed by atoms with Crippen molar-refractivity contribution in [3.8, 4) is 0 Å². The molecule has 1 aromatic carbocycles. The van der Waals surface area contributed by atoms with Crippen LogP contribution in [0.3, 0.4) is 0 Å². The molecule has 0 fully saturated rings. The first kappa shape index (κ1) is 12.4. The molecule has 0 aliphatic rings. The first-order chi connectivity index (χ1) is 9.04. The summed E-state index contributed by atoms with van der Waals surface area (Å²) in [5, 5.41) is 2.09. The van der Waals surface area contributed by atoms with Crippen LogP contribution in [0.4, 0.5) is 0 Å². The molecule has 5 heteroatoms. The molecule has 0 atom stereocenters. The molecule has 2 N–H and O–H groups in total. The Bertz CT molecular complexity index is 793. The fraction of sp³-hybridized carbons (Fsp3) is 0.143. The Morgan fingerprint density at radius 1 is 1.21 bits per heavy atom. The second-order valence-corrected chi connectivity index (χ2v) is 7.66. The fourth-order valence-corrected chi connectivity index (χ4v) is 3.57. The molecule has 1 amide bonds. The van der Waals surface area contributed by atoms with Crippen LogP contribution in [0, 0.1) is 0 Å². The van der Waals surface area contributed by atoms with E-state index in [0.717, 1.165) is 21.1 Å². The van der Waals surface area contributed by atoms with Gasteiger partial charge in [-0.2, -0.15) is 0 Å². The SMILES string of the molecule is C[S+](C)c1ccc2nc3sc(C(N)=O)cc3cc2c1. The van der Waals surface area contributed by atoms with E-state index in [2.05, 4.69) is 35.7 Å². The smallest absolute Gasteiger partial charge is 0.258 e. The highest BCUT2D eigenvalue weighted by Gasteiger charge is 2.12. The Labute approximate surface area is 117 Å². The van der Waals surface area contributed by atoms with Crippen molar-refractivity contribution in [2.75, 3.05) is 12.5 Å². The van der Waals surface area contributed by atoms with E-state index in [1.165, 1.54) is 16.2 Å². The van der Waals surface area contributed by atoms with E-state index in [0.29, 0.717) is 4.88 Å². The average molecular weight is 289 g/mol. The number of fused-ring (bicyclic) bond motifs is 2. The highest BCUT2D eigenvalue weighted by molar-refractivity contribution is 7.95. The number of carbonyl (C=O) groups is 1. The van der Waals surface area contributed by atoms with Crippen molar-refractivity contribution in [1.29, 1.82) is 0 Å². The van der Waals surface area contributed by atoms with Gasteiger partial charge in [0.1, 0.15) is 17.3 Å². The highest BCUT2D eigenvalue weighted by Crippen LogP contribution is 2.28. The van der Waals surface area contributed by atoms with Crippen LogP contribution in [0.15, 0.2) is 35.2 Å². The van der Waals surface area contributed by atoms with Crippen LogP contribution in [0.25, 0.3) is 21.1 Å². The van der Waals surface area contributed by atoms with Gasteiger partial charge in [0, 0.05) is 27.7 Å². The van der Waals surface area contributed by atoms with Crippen molar-refractivity contribution < 1.29 is 4.79 Å². The predicted molar refractivity (Wildman–Crippen MR) is 83.1 cm³/mol. The van der Waals surface area contributed by atoms with E-state index in [4.69, 9.17) is 5.73 Å². The van der Waals surface area contributed by atoms with Crippen LogP contribution in [0.5, 0.6) is 0 Å². The van der Waals surface area contributed by atoms with Crippen molar-refractivity contribution in [3.05, 3.63) is 35.2 Å². The maximum atomic E-state index is 11.2. The van der Waals surface area contributed by atoms with Crippen LogP contribution >= 0.6 is 11.3 Å². The molecule has 3 aromatic rings. The average Bonchev–Trinajstić information content (AvgIpc) is 2.78. The molecule has 0 saturated carbocycles. The van der Waals surface area contributed by atoms with E-state index < -0.39 is 5.91 Å². The summed E-state index contributed by atoms with van der Waals surface area (Å²) in [5.74, 6) is -0.392. The number of hydrogen-bond acceptors (Lipinski definition) is 3. The number of nitrogens with two attached hydrogens (primary N) is 1. The summed E-state index contributed by atoms with van der Waals surface area (Å²) < 4.78 is 0. The maximum Gasteiger partial charge on any atom is 0.258 e. The van der Waals surface area contributed by atoms with Crippen molar-refractivity contribution >= 4 is 49.3 Å². The number of nitrogens with zero attached hydrogens (tertiary/aromatic N) is 1. The molecule has 2 heterocycles. The van der Waals surface area contributed by atoms with Gasteiger partial charge in [-0.25, -0.2) is 4.98 Å². The Balaban J connectivity index is 2.26. The van der Waals surface area contributed by atoms with Crippen LogP contribution in [0.1, 0.15) is 9.67 Å². The second-order valence-electron chi connectivity index (χ2n) is 4.53. The Morgan fingerprint density at radius 3 is 2.68 bits per heavy atom. The Hall–Kier alpha value is -1.59. The van der Waals surface area contributed by atoms with Crippen molar-refractivity contribution in [1.82, 2.24) is 4.98 Å². The van der Waals surface area contributed by atoms with Crippen LogP contribution in [-0.2, 0) is 10.9 Å². The second kappa shape index (κ2) is 4.51. The lowest BCUT2D eigenvalue weighted by molar-refractivity contribution is 0.100. The summed E-state index contributed by atoms with van der Waals surface area (Å²) in [6.07, 6.45) is 4.39. The van der Waals surface area contributed by atoms with E-state index >= 15 is 0 Å². The summed E-state index contributed by atoms with van der Waals surface area (Å²) in [7, 11) is 0.230. The molecule has 19 heavy (non-hydrogen) atoms. The van der Waals surface area contributed by atoms with Gasteiger partial charge in [0.05, 0.1) is 10.4 Å². The van der Waals surface area contributed by atoms with Crippen molar-refractivity contribution in [2.45, 2.75) is 4.90 Å². The third kappa shape index (κ3) is 2.19. The molecule has 3 nitrogen and oxygen atoms in total. The normalized spacial score (nSPS) is 11.5. The fourth-order valence-electron chi connectivity index (χ4n) is 1.99. The van der Waals surface area contributed by atoms with Gasteiger partial charge in [-0.15, -0.1) is 11.3 Å². The van der Waals surface area contributed by atoms with Crippen LogP contribution < -0.4 is 5.73 Å². The Kier molecular flexibility index (Phi) is 2.95. The van der Waals surface area contributed by atoms with Crippen molar-refractivity contribution in [2.24, 2.45) is 5.73 Å². The predicted octanol–water partition coefficient (Wildman–Crippen LogP) is 2.79. The number of aromatic nitrogens is 1. The van der Waals surface area contributed by atoms with E-state index in [-0.39, 0.29) is 10.9 Å². The molecule has 2 aromatic heterocycles. The van der Waals surface area contributed by atoms with Gasteiger partial charge in [-0.3, -0.25) is 4.79 Å². The first-order valence-corrected chi connectivity index (χ1v) is 8.62. The zero-order chi connectivity index (χ0) is 13.6. The monoisotopic (exact) mass is 289 g/mol. The van der Waals surface area contributed by atoms with Gasteiger partial charge < -0.3 is 5.73 Å². The number of carbonyl (C=O) groups excluding carboxylic acids is 1. The number of thiophene rings is 1. The standard InChI is InChI=1S/C14H12N2OS2/c1-19(2)10-3-4-11-8(6-10)5-9-7-12(13(15)17)18-14(9)16-11/h3-7H,1-2H3,(H-,15,17)/p+1. The molecule has 0 bridgehead atoms. The van der Waals surface area contributed by atoms with Gasteiger partial charge in [-0.1, -0.05) is 0 Å². The topological polar surface area (TPSA) is 56.0 Å². The molecule has 3 rings (SSSR count). The third-order valence-electron chi connectivity index (χ3n) is 2.99. The summed E-state index contributed by atoms with van der Waals surface area (Å²) >= 11 is 1.35. The minimum Gasteiger partial charge on any atom is -0.365 e. The van der Waals surface area contributed by atoms with Gasteiger partial charge in [0.25, 0.3) is 5.91 Å². The molecular formula is C14H13N2OS2+. The van der Waals surface area contributed by atoms with E-state index in [9.17, 15) is 4.79 Å². The van der Waals surface area contributed by atoms with Gasteiger partial charge in [0.2, 0.25) is 0 Å². The zero-order valence-corrected chi connectivity index (χ0v) is 12.3. The molecule has 0 spiro atoms. The number of pyridine rings is 1. The maximum absolute atomic E-state index is 11.2. The summed E-state index contributed by atoms with van der Waals surface area (Å²) in [6.45, 7) is 0. The molecule has 96 valence electrons. The molecule has 0 saturated heterocycles. The van der Waals surface area contributed by atoms with E-state index in [1.54, 1.807) is 0 Å². The molecule has 0 unspecified atom stereocenters. The lowest BCUT2D eigenvalue weighted by Crippen LogP contribution is -2.07. The molecule has 0 aliphatic carbocycles. The zero-order valence-electron chi connectivity index (χ0n) is 10.6. The van der Waals surface area contributed by atoms with Gasteiger partial charge >= 0.3 is 0 Å². The lowest BCUT2D eigenvalue weighted by atomic mass is 10.2. The van der Waals surface area contributed by atoms with E-state index in [1.807, 2.05) is 12.1 Å². The molecule has 0 aliphatic heterocycles. The number of benzene rings is 1. The molecule has 0 radical (unpaired) electrons. The number of hydrogen-bond donors (Lipinski definition) is 1. The highest BCUT2D eigenvalue weighted by atomic mass is 32.2. The lowest BCUT2D eigenvalue weighted by Gasteiger charge is -2.00. The minimum absolute atomic E-state index is 0.230. The van der Waals surface area contributed by atoms with Crippen molar-refractivity contribution in [3.63, 3.8) is 0 Å². The number of amides is 1. The van der Waals surface area contributed by atoms with Gasteiger partial charge in [-0.05, 0) is 24.3 Å². The Morgan fingerprint density at radius 2 is 2.00 bits per heavy atom. The quantitative estimate of drug-likeness (QED) is 0.738. The third-order valence-corrected chi connectivity index (χ3v) is 5.24. The molecular weight excluding hydrogens is 276 g/mol. The summed E-state index contributed by atoms with van der Waals surface area (Å²) in [5.41, 5.74) is 6.27. The number of primary amides is 1. The van der Waals surface area contributed by atoms with Crippen LogP contribution in [-0.4, -0.2) is 23.4 Å². The summed E-state index contributed by atoms with van der Waals surface area (Å²) in [4.78, 5) is 18.5. The van der Waals surface area contributed by atoms with Gasteiger partial charge in [0.15, 0.2) is 4.90 Å².